The Kier molecular flexibility index (Phi) is 2.74. The maximum atomic E-state index is 11.1. The molecule has 2 N–H and O–H groups in total. The Bertz CT molecular complexity index is 293. The van der Waals surface area contributed by atoms with E-state index in [9.17, 15) is 4.79 Å². The molecule has 1 aromatic carbocycles. The fraction of sp³-hybridized carbons (Fsp3) is 0.222. The van der Waals surface area contributed by atoms with Crippen molar-refractivity contribution in [1.29, 1.82) is 0 Å². The van der Waals surface area contributed by atoms with E-state index in [4.69, 9.17) is 10.5 Å². The Morgan fingerprint density at radius 1 is 1.31 bits per heavy atom. The number of benzene rings is 1. The Morgan fingerprint density at radius 2 is 1.85 bits per heavy atom. The fourth-order valence-electron chi connectivity index (χ4n) is 0.728. The zero-order chi connectivity index (χ0) is 9.84. The van der Waals surface area contributed by atoms with Crippen LogP contribution in [0.25, 0.3) is 0 Å². The van der Waals surface area contributed by atoms with Crippen molar-refractivity contribution in [3.05, 3.63) is 24.3 Å². The third-order valence-corrected chi connectivity index (χ3v) is 1.45. The first-order chi connectivity index (χ1) is 6.09. The minimum Gasteiger partial charge on any atom is -0.410 e. The summed E-state index contributed by atoms with van der Waals surface area (Å²) in [7, 11) is 3.25. The second-order valence-electron chi connectivity index (χ2n) is 2.83. The highest BCUT2D eigenvalue weighted by atomic mass is 16.6. The van der Waals surface area contributed by atoms with Crippen molar-refractivity contribution in [1.82, 2.24) is 4.90 Å². The van der Waals surface area contributed by atoms with Gasteiger partial charge >= 0.3 is 6.09 Å². The smallest absolute Gasteiger partial charge is 0.410 e. The van der Waals surface area contributed by atoms with Crippen LogP contribution in [0, 0.1) is 0 Å². The lowest BCUT2D eigenvalue weighted by atomic mass is 10.3. The second kappa shape index (κ2) is 3.80. The fourth-order valence-corrected chi connectivity index (χ4v) is 0.728. The highest BCUT2D eigenvalue weighted by Gasteiger charge is 2.05. The molecular weight excluding hydrogens is 168 g/mol. The molecule has 0 aliphatic heterocycles. The SMILES string of the molecule is CN(C)C(=O)Oc1ccc(N)cc1. The number of ether oxygens (including phenoxy) is 1. The zero-order valence-corrected chi connectivity index (χ0v) is 7.65. The van der Waals surface area contributed by atoms with Crippen molar-refractivity contribution in [2.75, 3.05) is 19.8 Å². The van der Waals surface area contributed by atoms with Gasteiger partial charge in [-0.25, -0.2) is 4.79 Å². The summed E-state index contributed by atoms with van der Waals surface area (Å²) in [6, 6.07) is 6.66. The second-order valence-corrected chi connectivity index (χ2v) is 2.83. The van der Waals surface area contributed by atoms with Crippen molar-refractivity contribution < 1.29 is 9.53 Å². The highest BCUT2D eigenvalue weighted by molar-refractivity contribution is 5.70. The zero-order valence-electron chi connectivity index (χ0n) is 7.65. The van der Waals surface area contributed by atoms with Gasteiger partial charge in [0.1, 0.15) is 5.75 Å². The molecule has 0 spiro atoms. The molecule has 0 radical (unpaired) electrons. The number of nitrogens with two attached hydrogens (primary N) is 1. The van der Waals surface area contributed by atoms with Gasteiger partial charge in [0, 0.05) is 19.8 Å². The normalized spacial score (nSPS) is 9.38. The largest absolute Gasteiger partial charge is 0.414 e. The Labute approximate surface area is 76.9 Å². The van der Waals surface area contributed by atoms with Gasteiger partial charge in [-0.05, 0) is 24.3 Å². The van der Waals surface area contributed by atoms with Crippen molar-refractivity contribution in [3.8, 4) is 5.75 Å². The third kappa shape index (κ3) is 2.66. The van der Waals surface area contributed by atoms with Crippen molar-refractivity contribution >= 4 is 11.8 Å². The van der Waals surface area contributed by atoms with Crippen LogP contribution in [0.1, 0.15) is 0 Å². The van der Waals surface area contributed by atoms with Gasteiger partial charge in [-0.2, -0.15) is 0 Å². The van der Waals surface area contributed by atoms with E-state index in [1.165, 1.54) is 4.90 Å². The molecule has 13 heavy (non-hydrogen) atoms. The number of nitrogens with zero attached hydrogens (tertiary/aromatic N) is 1. The van der Waals surface area contributed by atoms with Crippen LogP contribution >= 0.6 is 0 Å². The van der Waals surface area contributed by atoms with Crippen molar-refractivity contribution in [2.45, 2.75) is 0 Å². The van der Waals surface area contributed by atoms with Crippen LogP contribution in [0.4, 0.5) is 10.5 Å². The first-order valence-corrected chi connectivity index (χ1v) is 3.84. The number of rotatable bonds is 1. The van der Waals surface area contributed by atoms with Crippen LogP contribution in [-0.2, 0) is 0 Å². The molecule has 0 saturated heterocycles. The molecule has 0 aromatic heterocycles. The lowest BCUT2D eigenvalue weighted by Gasteiger charge is -2.10. The molecule has 0 aliphatic rings. The lowest BCUT2D eigenvalue weighted by Crippen LogP contribution is -2.25. The third-order valence-electron chi connectivity index (χ3n) is 1.45. The summed E-state index contributed by atoms with van der Waals surface area (Å²) in [5.74, 6) is 0.493. The van der Waals surface area contributed by atoms with Crippen LogP contribution in [0.15, 0.2) is 24.3 Å². The topological polar surface area (TPSA) is 55.6 Å². The van der Waals surface area contributed by atoms with Gasteiger partial charge in [0.25, 0.3) is 0 Å². The summed E-state index contributed by atoms with van der Waals surface area (Å²) in [6.07, 6.45) is -0.398. The molecule has 0 saturated carbocycles. The van der Waals surface area contributed by atoms with E-state index in [0.29, 0.717) is 11.4 Å². The van der Waals surface area contributed by atoms with Crippen molar-refractivity contribution in [2.24, 2.45) is 0 Å². The van der Waals surface area contributed by atoms with Crippen molar-refractivity contribution in [3.63, 3.8) is 0 Å². The molecule has 0 unspecified atom stereocenters. The van der Waals surface area contributed by atoms with Crippen LogP contribution in [-0.4, -0.2) is 25.1 Å². The summed E-state index contributed by atoms with van der Waals surface area (Å²) in [5, 5.41) is 0. The predicted molar refractivity (Wildman–Crippen MR) is 50.6 cm³/mol. The Balaban J connectivity index is 2.65. The van der Waals surface area contributed by atoms with Gasteiger partial charge in [0.2, 0.25) is 0 Å². The van der Waals surface area contributed by atoms with E-state index in [2.05, 4.69) is 0 Å². The standard InChI is InChI=1S/C9H12N2O2/c1-11(2)9(12)13-8-5-3-7(10)4-6-8/h3-6H,10H2,1-2H3. The maximum absolute atomic E-state index is 11.1. The molecule has 1 aromatic rings. The average Bonchev–Trinajstić information content (AvgIpc) is 2.08. The number of amides is 1. The highest BCUT2D eigenvalue weighted by Crippen LogP contribution is 2.13. The maximum Gasteiger partial charge on any atom is 0.414 e. The summed E-state index contributed by atoms with van der Waals surface area (Å²) in [5.41, 5.74) is 6.11. The summed E-state index contributed by atoms with van der Waals surface area (Å²) < 4.78 is 4.96. The number of carbonyl (C=O) groups excluding carboxylic acids is 1. The van der Waals surface area contributed by atoms with E-state index >= 15 is 0 Å². The van der Waals surface area contributed by atoms with E-state index < -0.39 is 6.09 Å². The molecule has 0 fully saturated rings. The van der Waals surface area contributed by atoms with E-state index in [1.54, 1.807) is 38.4 Å². The first kappa shape index (κ1) is 9.38. The molecule has 70 valence electrons. The van der Waals surface area contributed by atoms with Crippen LogP contribution in [0.5, 0.6) is 5.75 Å². The summed E-state index contributed by atoms with van der Waals surface area (Å²) in [6.45, 7) is 0. The molecule has 0 aliphatic carbocycles. The first-order valence-electron chi connectivity index (χ1n) is 3.84. The number of hydrogen-bond donors (Lipinski definition) is 1. The minimum atomic E-state index is -0.398. The van der Waals surface area contributed by atoms with Crippen LogP contribution in [0.3, 0.4) is 0 Å². The van der Waals surface area contributed by atoms with Gasteiger partial charge in [-0.3, -0.25) is 0 Å². The summed E-state index contributed by atoms with van der Waals surface area (Å²) >= 11 is 0. The predicted octanol–water partition coefficient (Wildman–Crippen LogP) is 1.33. The Hall–Kier alpha value is -1.71. The van der Waals surface area contributed by atoms with E-state index in [1.807, 2.05) is 0 Å². The number of nitrogen functional groups attached to an aromatic ring is 1. The van der Waals surface area contributed by atoms with Gasteiger partial charge in [-0.1, -0.05) is 0 Å². The number of anilines is 1. The quantitative estimate of drug-likeness (QED) is 0.663. The molecule has 4 heteroatoms. The number of carbonyl (C=O) groups is 1. The minimum absolute atomic E-state index is 0.398. The molecule has 4 nitrogen and oxygen atoms in total. The van der Waals surface area contributed by atoms with Crippen LogP contribution in [0.2, 0.25) is 0 Å². The molecular formula is C9H12N2O2. The number of hydrogen-bond acceptors (Lipinski definition) is 3. The van der Waals surface area contributed by atoms with Gasteiger partial charge in [0.05, 0.1) is 0 Å². The Morgan fingerprint density at radius 3 is 2.31 bits per heavy atom. The van der Waals surface area contributed by atoms with Gasteiger partial charge in [0.15, 0.2) is 0 Å². The van der Waals surface area contributed by atoms with E-state index in [0.717, 1.165) is 0 Å². The van der Waals surface area contributed by atoms with E-state index in [-0.39, 0.29) is 0 Å². The molecule has 0 bridgehead atoms. The molecule has 1 rings (SSSR count). The molecule has 1 amide bonds. The van der Waals surface area contributed by atoms with Gasteiger partial charge < -0.3 is 15.4 Å². The van der Waals surface area contributed by atoms with Gasteiger partial charge in [-0.15, -0.1) is 0 Å². The molecule has 0 atom stereocenters. The monoisotopic (exact) mass is 180 g/mol. The molecule has 0 heterocycles. The summed E-state index contributed by atoms with van der Waals surface area (Å²) in [4.78, 5) is 12.4. The lowest BCUT2D eigenvalue weighted by molar-refractivity contribution is 0.172. The average molecular weight is 180 g/mol. The van der Waals surface area contributed by atoms with Crippen LogP contribution < -0.4 is 10.5 Å².